The van der Waals surface area contributed by atoms with Gasteiger partial charge in [0.25, 0.3) is 0 Å². The fourth-order valence-corrected chi connectivity index (χ4v) is 3.94. The fourth-order valence-electron chi connectivity index (χ4n) is 3.94. The van der Waals surface area contributed by atoms with Crippen LogP contribution in [0, 0.1) is 5.82 Å². The molecular formula is C22H25FN4O3. The number of ether oxygens (including phenoxy) is 1. The third kappa shape index (κ3) is 4.17. The normalized spacial score (nSPS) is 19.2. The number of nitrogens with one attached hydrogen (secondary N) is 1. The van der Waals surface area contributed by atoms with Crippen LogP contribution in [0.4, 0.5) is 20.6 Å². The Hall–Kier alpha value is -3.29. The van der Waals surface area contributed by atoms with Crippen molar-refractivity contribution >= 4 is 23.3 Å². The maximum atomic E-state index is 14.0. The van der Waals surface area contributed by atoms with Gasteiger partial charge in [0.1, 0.15) is 11.6 Å². The summed E-state index contributed by atoms with van der Waals surface area (Å²) in [7, 11) is 1.59. The number of benzene rings is 2. The predicted molar refractivity (Wildman–Crippen MR) is 112 cm³/mol. The Morgan fingerprint density at radius 2 is 1.77 bits per heavy atom. The third-order valence-electron chi connectivity index (χ3n) is 5.60. The van der Waals surface area contributed by atoms with Crippen molar-refractivity contribution in [3.8, 4) is 5.75 Å². The Morgan fingerprint density at radius 1 is 1.07 bits per heavy atom. The molecule has 0 radical (unpaired) electrons. The molecule has 0 spiro atoms. The number of carbonyl (C=O) groups excluding carboxylic acids is 2. The molecule has 2 fully saturated rings. The van der Waals surface area contributed by atoms with Crippen LogP contribution >= 0.6 is 0 Å². The van der Waals surface area contributed by atoms with E-state index in [1.54, 1.807) is 29.0 Å². The van der Waals surface area contributed by atoms with Gasteiger partial charge in [-0.2, -0.15) is 0 Å². The van der Waals surface area contributed by atoms with Crippen molar-refractivity contribution in [2.75, 3.05) is 49.6 Å². The summed E-state index contributed by atoms with van der Waals surface area (Å²) < 4.78 is 19.1. The van der Waals surface area contributed by atoms with Gasteiger partial charge in [0.2, 0.25) is 5.91 Å². The SMILES string of the molecule is COc1ccc(N2C[C@H](NC(=O)N3CCN(c4ccccc4F)CC3)CC2=O)cc1. The maximum Gasteiger partial charge on any atom is 0.317 e. The van der Waals surface area contributed by atoms with Gasteiger partial charge < -0.3 is 24.8 Å². The van der Waals surface area contributed by atoms with Crippen LogP contribution < -0.4 is 19.9 Å². The molecule has 2 aromatic rings. The van der Waals surface area contributed by atoms with Crippen molar-refractivity contribution in [1.29, 1.82) is 0 Å². The first kappa shape index (κ1) is 20.0. The van der Waals surface area contributed by atoms with Gasteiger partial charge in [-0.25, -0.2) is 9.18 Å². The lowest BCUT2D eigenvalue weighted by Crippen LogP contribution is -2.54. The molecular weight excluding hydrogens is 387 g/mol. The lowest BCUT2D eigenvalue weighted by Gasteiger charge is -2.36. The largest absolute Gasteiger partial charge is 0.497 e. The van der Waals surface area contributed by atoms with Crippen molar-refractivity contribution < 1.29 is 18.7 Å². The van der Waals surface area contributed by atoms with Gasteiger partial charge in [-0.05, 0) is 36.4 Å². The van der Waals surface area contributed by atoms with Gasteiger partial charge >= 0.3 is 6.03 Å². The zero-order valence-electron chi connectivity index (χ0n) is 16.9. The molecule has 158 valence electrons. The number of hydrogen-bond acceptors (Lipinski definition) is 4. The van der Waals surface area contributed by atoms with Gasteiger partial charge in [-0.3, -0.25) is 4.79 Å². The number of halogens is 1. The first-order valence-corrected chi connectivity index (χ1v) is 10.0. The molecule has 0 saturated carbocycles. The van der Waals surface area contributed by atoms with Crippen LogP contribution in [-0.4, -0.2) is 62.7 Å². The van der Waals surface area contributed by atoms with Crippen LogP contribution in [0.1, 0.15) is 6.42 Å². The summed E-state index contributed by atoms with van der Waals surface area (Å²) in [6.45, 7) is 2.57. The molecule has 0 bridgehead atoms. The van der Waals surface area contributed by atoms with Gasteiger partial charge in [0.05, 0.1) is 18.8 Å². The van der Waals surface area contributed by atoms with Crippen LogP contribution in [0.25, 0.3) is 0 Å². The first-order chi connectivity index (χ1) is 14.5. The van der Waals surface area contributed by atoms with Gasteiger partial charge in [-0.15, -0.1) is 0 Å². The van der Waals surface area contributed by atoms with Gasteiger partial charge in [0, 0.05) is 44.8 Å². The second-order valence-corrected chi connectivity index (χ2v) is 7.48. The Kier molecular flexibility index (Phi) is 5.74. The summed E-state index contributed by atoms with van der Waals surface area (Å²) >= 11 is 0. The summed E-state index contributed by atoms with van der Waals surface area (Å²) in [4.78, 5) is 30.4. The molecule has 3 amide bonds. The van der Waals surface area contributed by atoms with Crippen molar-refractivity contribution in [1.82, 2.24) is 10.2 Å². The molecule has 2 aromatic carbocycles. The molecule has 4 rings (SSSR count). The number of methoxy groups -OCH3 is 1. The quantitative estimate of drug-likeness (QED) is 0.838. The second kappa shape index (κ2) is 8.61. The molecule has 0 unspecified atom stereocenters. The number of para-hydroxylation sites is 1. The minimum absolute atomic E-state index is 0.0187. The smallest absolute Gasteiger partial charge is 0.317 e. The van der Waals surface area contributed by atoms with E-state index in [0.717, 1.165) is 11.4 Å². The highest BCUT2D eigenvalue weighted by Crippen LogP contribution is 2.24. The average Bonchev–Trinajstić information content (AvgIpc) is 3.14. The van der Waals surface area contributed by atoms with E-state index in [2.05, 4.69) is 5.32 Å². The van der Waals surface area contributed by atoms with E-state index in [4.69, 9.17) is 4.74 Å². The second-order valence-electron chi connectivity index (χ2n) is 7.48. The van der Waals surface area contributed by atoms with E-state index in [-0.39, 0.29) is 30.2 Å². The Morgan fingerprint density at radius 3 is 2.43 bits per heavy atom. The molecule has 2 heterocycles. The molecule has 0 aromatic heterocycles. The molecule has 0 aliphatic carbocycles. The molecule has 2 aliphatic heterocycles. The number of hydrogen-bond donors (Lipinski definition) is 1. The van der Waals surface area contributed by atoms with E-state index in [1.807, 2.05) is 35.2 Å². The zero-order valence-corrected chi connectivity index (χ0v) is 16.9. The zero-order chi connectivity index (χ0) is 21.1. The van der Waals surface area contributed by atoms with E-state index >= 15 is 0 Å². The number of rotatable bonds is 4. The van der Waals surface area contributed by atoms with Crippen molar-refractivity contribution in [3.63, 3.8) is 0 Å². The lowest BCUT2D eigenvalue weighted by atomic mass is 10.2. The monoisotopic (exact) mass is 412 g/mol. The minimum atomic E-state index is -0.251. The summed E-state index contributed by atoms with van der Waals surface area (Å²) in [5, 5.41) is 2.97. The lowest BCUT2D eigenvalue weighted by molar-refractivity contribution is -0.117. The van der Waals surface area contributed by atoms with Crippen LogP contribution in [-0.2, 0) is 4.79 Å². The van der Waals surface area contributed by atoms with Crippen LogP contribution in [0.15, 0.2) is 48.5 Å². The fraction of sp³-hybridized carbons (Fsp3) is 0.364. The number of carbonyl (C=O) groups is 2. The highest BCUT2D eigenvalue weighted by Gasteiger charge is 2.33. The van der Waals surface area contributed by atoms with Crippen LogP contribution in [0.5, 0.6) is 5.75 Å². The van der Waals surface area contributed by atoms with E-state index in [9.17, 15) is 14.0 Å². The number of nitrogens with zero attached hydrogens (tertiary/aromatic N) is 3. The van der Waals surface area contributed by atoms with Crippen molar-refractivity contribution in [2.24, 2.45) is 0 Å². The van der Waals surface area contributed by atoms with E-state index in [0.29, 0.717) is 38.4 Å². The van der Waals surface area contributed by atoms with E-state index < -0.39 is 0 Å². The number of amides is 3. The molecule has 2 saturated heterocycles. The Balaban J connectivity index is 1.30. The van der Waals surface area contributed by atoms with Gasteiger partial charge in [-0.1, -0.05) is 12.1 Å². The Labute approximate surface area is 175 Å². The molecule has 30 heavy (non-hydrogen) atoms. The van der Waals surface area contributed by atoms with Crippen molar-refractivity contribution in [3.05, 3.63) is 54.3 Å². The van der Waals surface area contributed by atoms with Gasteiger partial charge in [0.15, 0.2) is 0 Å². The predicted octanol–water partition coefficient (Wildman–Crippen LogP) is 2.47. The average molecular weight is 412 g/mol. The topological polar surface area (TPSA) is 65.1 Å². The summed E-state index contributed by atoms with van der Waals surface area (Å²) in [5.41, 5.74) is 1.35. The number of urea groups is 1. The molecule has 1 atom stereocenters. The maximum absolute atomic E-state index is 14.0. The Bertz CT molecular complexity index is 913. The molecule has 1 N–H and O–H groups in total. The number of piperazine rings is 1. The highest BCUT2D eigenvalue weighted by atomic mass is 19.1. The summed E-state index contributed by atoms with van der Waals surface area (Å²) in [6, 6.07) is 13.5. The minimum Gasteiger partial charge on any atom is -0.497 e. The van der Waals surface area contributed by atoms with Crippen LogP contribution in [0.3, 0.4) is 0 Å². The number of anilines is 2. The van der Waals surface area contributed by atoms with Crippen LogP contribution in [0.2, 0.25) is 0 Å². The highest BCUT2D eigenvalue weighted by molar-refractivity contribution is 5.96. The van der Waals surface area contributed by atoms with Crippen molar-refractivity contribution in [2.45, 2.75) is 12.5 Å². The standard InChI is InChI=1S/C22H25FN4O3/c1-30-18-8-6-17(7-9-18)27-15-16(14-21(27)28)24-22(29)26-12-10-25(11-13-26)20-5-3-2-4-19(20)23/h2-9,16H,10-15H2,1H3,(H,24,29)/t16-/m1/s1. The summed E-state index contributed by atoms with van der Waals surface area (Å²) in [5.74, 6) is 0.457. The third-order valence-corrected chi connectivity index (χ3v) is 5.60. The molecule has 7 nitrogen and oxygen atoms in total. The van der Waals surface area contributed by atoms with E-state index in [1.165, 1.54) is 6.07 Å². The summed E-state index contributed by atoms with van der Waals surface area (Å²) in [6.07, 6.45) is 0.271. The first-order valence-electron chi connectivity index (χ1n) is 10.0. The molecule has 2 aliphatic rings. The molecule has 8 heteroatoms.